The molecule has 0 unspecified atom stereocenters. The molecule has 0 heterocycles. The minimum Gasteiger partial charge on any atom is -0.403 e. The summed E-state index contributed by atoms with van der Waals surface area (Å²) in [4.78, 5) is 0. The molecule has 0 amide bonds. The van der Waals surface area contributed by atoms with E-state index in [9.17, 15) is 30.7 Å². The smallest absolute Gasteiger partial charge is 0.403 e. The van der Waals surface area contributed by atoms with E-state index in [1.54, 1.807) is 12.1 Å². The van der Waals surface area contributed by atoms with Crippen LogP contribution in [0, 0.1) is 11.6 Å². The summed E-state index contributed by atoms with van der Waals surface area (Å²) < 4.78 is 98.1. The molecule has 0 bridgehead atoms. The Hall–Kier alpha value is -3.29. The van der Waals surface area contributed by atoms with Crippen molar-refractivity contribution in [3.8, 4) is 16.9 Å². The molecule has 0 spiro atoms. The van der Waals surface area contributed by atoms with Crippen LogP contribution in [0.15, 0.2) is 60.7 Å². The van der Waals surface area contributed by atoms with Gasteiger partial charge in [-0.15, -0.1) is 13.2 Å². The third-order valence-electron chi connectivity index (χ3n) is 4.91. The number of halogens is 7. The van der Waals surface area contributed by atoms with E-state index in [2.05, 4.69) is 4.74 Å². The first kappa shape index (κ1) is 24.4. The number of hydrogen-bond acceptors (Lipinski definition) is 1. The highest BCUT2D eigenvalue weighted by atomic mass is 19.4. The second kappa shape index (κ2) is 10.1. The zero-order valence-corrected chi connectivity index (χ0v) is 17.4. The van der Waals surface area contributed by atoms with Crippen molar-refractivity contribution < 1.29 is 35.5 Å². The number of aryl methyl sites for hydroxylation is 1. The Morgan fingerprint density at radius 1 is 0.788 bits per heavy atom. The van der Waals surface area contributed by atoms with Gasteiger partial charge >= 0.3 is 6.36 Å². The maximum Gasteiger partial charge on any atom is 0.573 e. The van der Waals surface area contributed by atoms with Gasteiger partial charge in [0, 0.05) is 16.7 Å². The average molecular weight is 468 g/mol. The number of ether oxygens (including phenoxy) is 1. The van der Waals surface area contributed by atoms with E-state index in [0.29, 0.717) is 12.1 Å². The fourth-order valence-corrected chi connectivity index (χ4v) is 3.21. The number of unbranched alkanes of at least 4 members (excludes halogenated alkanes) is 1. The molecule has 0 N–H and O–H groups in total. The fraction of sp³-hybridized carbons (Fsp3) is 0.200. The van der Waals surface area contributed by atoms with Gasteiger partial charge in [-0.3, -0.25) is 0 Å². The zero-order valence-electron chi connectivity index (χ0n) is 17.4. The minimum atomic E-state index is -5.08. The Morgan fingerprint density at radius 2 is 1.42 bits per heavy atom. The first-order chi connectivity index (χ1) is 15.6. The molecule has 3 aromatic rings. The highest BCUT2D eigenvalue weighted by molar-refractivity contribution is 5.84. The van der Waals surface area contributed by atoms with Crippen LogP contribution in [-0.4, -0.2) is 6.36 Å². The first-order valence-corrected chi connectivity index (χ1v) is 10.1. The van der Waals surface area contributed by atoms with Crippen molar-refractivity contribution >= 4 is 11.7 Å². The number of benzene rings is 3. The largest absolute Gasteiger partial charge is 0.573 e. The highest BCUT2D eigenvalue weighted by Crippen LogP contribution is 2.34. The molecule has 0 aliphatic heterocycles. The molecule has 0 fully saturated rings. The molecule has 8 heteroatoms. The lowest BCUT2D eigenvalue weighted by atomic mass is 10.0. The van der Waals surface area contributed by atoms with Gasteiger partial charge in [0.25, 0.3) is 0 Å². The van der Waals surface area contributed by atoms with Gasteiger partial charge < -0.3 is 4.74 Å². The molecule has 1 nitrogen and oxygen atoms in total. The van der Waals surface area contributed by atoms with E-state index in [1.165, 1.54) is 12.1 Å². The van der Waals surface area contributed by atoms with Crippen LogP contribution in [0.1, 0.15) is 36.5 Å². The molecule has 174 valence electrons. The van der Waals surface area contributed by atoms with E-state index in [1.807, 2.05) is 6.92 Å². The zero-order chi connectivity index (χ0) is 24.2. The maximum absolute atomic E-state index is 14.7. The second-order valence-electron chi connectivity index (χ2n) is 7.32. The molecule has 0 atom stereocenters. The van der Waals surface area contributed by atoms with E-state index in [-0.39, 0.29) is 22.3 Å². The van der Waals surface area contributed by atoms with Gasteiger partial charge in [-0.2, -0.15) is 0 Å². The number of alkyl halides is 3. The quantitative estimate of drug-likeness (QED) is 0.249. The van der Waals surface area contributed by atoms with Gasteiger partial charge in [0.2, 0.25) is 0 Å². The maximum atomic E-state index is 14.7. The van der Waals surface area contributed by atoms with Crippen molar-refractivity contribution in [1.82, 2.24) is 0 Å². The Bertz CT molecular complexity index is 1150. The second-order valence-corrected chi connectivity index (χ2v) is 7.32. The molecule has 0 aliphatic carbocycles. The summed E-state index contributed by atoms with van der Waals surface area (Å²) in [6.45, 7) is 2.05. The van der Waals surface area contributed by atoms with Gasteiger partial charge in [-0.1, -0.05) is 55.8 Å². The Labute approximate surface area is 186 Å². The first-order valence-electron chi connectivity index (χ1n) is 10.1. The van der Waals surface area contributed by atoms with Crippen molar-refractivity contribution in [2.45, 2.75) is 32.5 Å². The van der Waals surface area contributed by atoms with Crippen LogP contribution in [0.4, 0.5) is 30.7 Å². The minimum absolute atomic E-state index is 0.000410. The Morgan fingerprint density at radius 3 is 2.00 bits per heavy atom. The normalized spacial score (nSPS) is 12.5. The molecule has 33 heavy (non-hydrogen) atoms. The van der Waals surface area contributed by atoms with Crippen LogP contribution in [-0.2, 0) is 6.42 Å². The van der Waals surface area contributed by atoms with Crippen LogP contribution >= 0.6 is 0 Å². The highest BCUT2D eigenvalue weighted by Gasteiger charge is 2.32. The molecule has 0 radical (unpaired) electrons. The predicted molar refractivity (Wildman–Crippen MR) is 113 cm³/mol. The summed E-state index contributed by atoms with van der Waals surface area (Å²) in [5.74, 6) is -5.87. The monoisotopic (exact) mass is 468 g/mol. The topological polar surface area (TPSA) is 9.23 Å². The lowest BCUT2D eigenvalue weighted by Gasteiger charge is -2.11. The van der Waals surface area contributed by atoms with Crippen molar-refractivity contribution in [3.05, 3.63) is 89.0 Å². The van der Waals surface area contributed by atoms with Crippen molar-refractivity contribution in [2.75, 3.05) is 0 Å². The summed E-state index contributed by atoms with van der Waals surface area (Å²) in [5.41, 5.74) is 0.312. The van der Waals surface area contributed by atoms with Gasteiger partial charge in [0.15, 0.2) is 23.2 Å². The average Bonchev–Trinajstić information content (AvgIpc) is 2.77. The Kier molecular flexibility index (Phi) is 7.46. The van der Waals surface area contributed by atoms with Gasteiger partial charge in [-0.05, 0) is 42.2 Å². The molecule has 0 aromatic heterocycles. The molecule has 0 saturated heterocycles. The van der Waals surface area contributed by atoms with Crippen LogP contribution in [0.5, 0.6) is 5.75 Å². The standard InChI is InChI=1S/C25H19F7O/c1-2-3-4-15-5-7-16(8-6-15)23(28)24(29)18-9-11-19(20(26)14-18)17-10-12-22(21(27)13-17)33-25(30,31)32/h5-14H,2-4H2,1H3/b24-23+. The van der Waals surface area contributed by atoms with Gasteiger partial charge in [0.05, 0.1) is 0 Å². The lowest BCUT2D eigenvalue weighted by molar-refractivity contribution is -0.275. The number of hydrogen-bond donors (Lipinski definition) is 0. The van der Waals surface area contributed by atoms with Crippen molar-refractivity contribution in [3.63, 3.8) is 0 Å². The van der Waals surface area contributed by atoms with E-state index in [4.69, 9.17) is 0 Å². The Balaban J connectivity index is 1.86. The predicted octanol–water partition coefficient (Wildman–Crippen LogP) is 8.64. The van der Waals surface area contributed by atoms with Crippen LogP contribution < -0.4 is 4.74 Å². The van der Waals surface area contributed by atoms with Crippen LogP contribution in [0.3, 0.4) is 0 Å². The third kappa shape index (κ3) is 6.15. The van der Waals surface area contributed by atoms with E-state index >= 15 is 0 Å². The third-order valence-corrected chi connectivity index (χ3v) is 4.91. The summed E-state index contributed by atoms with van der Waals surface area (Å²) in [5, 5.41) is 0. The molecule has 3 rings (SSSR count). The van der Waals surface area contributed by atoms with Crippen molar-refractivity contribution in [1.29, 1.82) is 0 Å². The molecule has 0 aliphatic rings. The number of rotatable bonds is 7. The summed E-state index contributed by atoms with van der Waals surface area (Å²) in [7, 11) is 0. The van der Waals surface area contributed by atoms with E-state index in [0.717, 1.165) is 49.1 Å². The molecule has 0 saturated carbocycles. The summed E-state index contributed by atoms with van der Waals surface area (Å²) in [6.07, 6.45) is -2.29. The van der Waals surface area contributed by atoms with Gasteiger partial charge in [-0.25, -0.2) is 17.6 Å². The van der Waals surface area contributed by atoms with E-state index < -0.39 is 35.4 Å². The lowest BCUT2D eigenvalue weighted by Crippen LogP contribution is -2.17. The summed E-state index contributed by atoms with van der Waals surface area (Å²) >= 11 is 0. The SMILES string of the molecule is CCCCc1ccc(/C(F)=C(\F)c2ccc(-c3ccc(OC(F)(F)F)c(F)c3)c(F)c2)cc1. The molecular weight excluding hydrogens is 449 g/mol. The summed E-state index contributed by atoms with van der Waals surface area (Å²) in [6, 6.07) is 11.6. The van der Waals surface area contributed by atoms with Crippen LogP contribution in [0.25, 0.3) is 22.8 Å². The van der Waals surface area contributed by atoms with Crippen molar-refractivity contribution in [2.24, 2.45) is 0 Å². The molecule has 3 aromatic carbocycles. The van der Waals surface area contributed by atoms with Gasteiger partial charge in [0.1, 0.15) is 5.82 Å². The van der Waals surface area contributed by atoms with Crippen LogP contribution in [0.2, 0.25) is 0 Å². The molecular formula is C25H19F7O. The fourth-order valence-electron chi connectivity index (χ4n) is 3.21.